The van der Waals surface area contributed by atoms with Gasteiger partial charge in [0.15, 0.2) is 0 Å². The van der Waals surface area contributed by atoms with Crippen molar-refractivity contribution in [2.75, 3.05) is 0 Å². The Morgan fingerprint density at radius 1 is 1.12 bits per heavy atom. The van der Waals surface area contributed by atoms with Crippen LogP contribution < -0.4 is 0 Å². The van der Waals surface area contributed by atoms with E-state index >= 15 is 0 Å². The normalized spacial score (nSPS) is 10.4. The van der Waals surface area contributed by atoms with Gasteiger partial charge in [-0.3, -0.25) is 0 Å². The fraction of sp³-hybridized carbons (Fsp3) is 0.0769. The Hall–Kier alpha value is -1.35. The second-order valence-corrected chi connectivity index (χ2v) is 4.54. The Bertz CT molecular complexity index is 537. The van der Waals surface area contributed by atoms with Crippen molar-refractivity contribution in [2.45, 2.75) is 6.92 Å². The zero-order chi connectivity index (χ0) is 11.7. The monoisotopic (exact) mass is 280 g/mol. The maximum absolute atomic E-state index is 13.6. The molecular weight excluding hydrogens is 271 g/mol. The van der Waals surface area contributed by atoms with Crippen molar-refractivity contribution in [3.05, 3.63) is 52.3 Å². The average Bonchev–Trinajstić information content (AvgIpc) is 2.26. The number of phenolic OH excluding ortho intramolecular Hbond substituents is 1. The first-order valence-electron chi connectivity index (χ1n) is 4.83. The molecule has 82 valence electrons. The Balaban J connectivity index is 2.58. The van der Waals surface area contributed by atoms with E-state index in [4.69, 9.17) is 0 Å². The van der Waals surface area contributed by atoms with Crippen LogP contribution in [0.1, 0.15) is 5.56 Å². The van der Waals surface area contributed by atoms with Gasteiger partial charge in [0.1, 0.15) is 11.6 Å². The predicted octanol–water partition coefficient (Wildman–Crippen LogP) is 4.27. The minimum Gasteiger partial charge on any atom is -0.508 e. The summed E-state index contributed by atoms with van der Waals surface area (Å²) in [5.41, 5.74) is 2.02. The molecule has 3 heteroatoms. The van der Waals surface area contributed by atoms with Crippen molar-refractivity contribution < 1.29 is 9.50 Å². The van der Waals surface area contributed by atoms with Crippen LogP contribution in [0.4, 0.5) is 4.39 Å². The first-order chi connectivity index (χ1) is 7.58. The van der Waals surface area contributed by atoms with E-state index in [0.717, 1.165) is 15.6 Å². The Labute approximate surface area is 102 Å². The first kappa shape index (κ1) is 11.1. The van der Waals surface area contributed by atoms with E-state index < -0.39 is 0 Å². The highest BCUT2D eigenvalue weighted by Gasteiger charge is 2.07. The number of phenols is 1. The zero-order valence-corrected chi connectivity index (χ0v) is 10.3. The van der Waals surface area contributed by atoms with E-state index in [-0.39, 0.29) is 11.6 Å². The fourth-order valence-electron chi connectivity index (χ4n) is 1.54. The van der Waals surface area contributed by atoms with Gasteiger partial charge in [0.05, 0.1) is 0 Å². The fourth-order valence-corrected chi connectivity index (χ4v) is 1.90. The zero-order valence-electron chi connectivity index (χ0n) is 8.67. The molecule has 16 heavy (non-hydrogen) atoms. The molecule has 0 radical (unpaired) electrons. The quantitative estimate of drug-likeness (QED) is 0.827. The molecule has 0 aliphatic rings. The van der Waals surface area contributed by atoms with Crippen LogP contribution in [0, 0.1) is 12.7 Å². The van der Waals surface area contributed by atoms with Crippen LogP contribution in [0.3, 0.4) is 0 Å². The average molecular weight is 281 g/mol. The smallest absolute Gasteiger partial charge is 0.131 e. The SMILES string of the molecule is Cc1cc(-c2cc(Br)ccc2F)ccc1O. The first-order valence-corrected chi connectivity index (χ1v) is 5.62. The minimum atomic E-state index is -0.270. The summed E-state index contributed by atoms with van der Waals surface area (Å²) in [5.74, 6) is -0.0487. The van der Waals surface area contributed by atoms with Crippen LogP contribution in [0.25, 0.3) is 11.1 Å². The number of benzene rings is 2. The van der Waals surface area contributed by atoms with Gasteiger partial charge in [-0.1, -0.05) is 22.0 Å². The van der Waals surface area contributed by atoms with Gasteiger partial charge < -0.3 is 5.11 Å². The van der Waals surface area contributed by atoms with Crippen LogP contribution in [0.15, 0.2) is 40.9 Å². The lowest BCUT2D eigenvalue weighted by Gasteiger charge is -2.06. The van der Waals surface area contributed by atoms with Crippen molar-refractivity contribution in [3.63, 3.8) is 0 Å². The lowest BCUT2D eigenvalue weighted by molar-refractivity contribution is 0.471. The van der Waals surface area contributed by atoms with Crippen LogP contribution in [0.2, 0.25) is 0 Å². The molecule has 0 aliphatic carbocycles. The Kier molecular flexibility index (Phi) is 2.97. The van der Waals surface area contributed by atoms with Gasteiger partial charge in [0, 0.05) is 10.0 Å². The highest BCUT2D eigenvalue weighted by atomic mass is 79.9. The molecule has 2 rings (SSSR count). The summed E-state index contributed by atoms with van der Waals surface area (Å²) in [6, 6.07) is 9.84. The summed E-state index contributed by atoms with van der Waals surface area (Å²) < 4.78 is 14.4. The van der Waals surface area contributed by atoms with Crippen molar-refractivity contribution >= 4 is 15.9 Å². The van der Waals surface area contributed by atoms with Crippen molar-refractivity contribution in [2.24, 2.45) is 0 Å². The summed E-state index contributed by atoms with van der Waals surface area (Å²) in [4.78, 5) is 0. The van der Waals surface area contributed by atoms with Crippen LogP contribution in [-0.2, 0) is 0 Å². The minimum absolute atomic E-state index is 0.221. The molecule has 2 aromatic rings. The van der Waals surface area contributed by atoms with E-state index in [9.17, 15) is 9.50 Å². The molecule has 0 atom stereocenters. The lowest BCUT2D eigenvalue weighted by atomic mass is 10.0. The van der Waals surface area contributed by atoms with Gasteiger partial charge in [0.25, 0.3) is 0 Å². The molecule has 0 saturated heterocycles. The number of hydrogen-bond acceptors (Lipinski definition) is 1. The highest BCUT2D eigenvalue weighted by molar-refractivity contribution is 9.10. The van der Waals surface area contributed by atoms with E-state index in [2.05, 4.69) is 15.9 Å². The third-order valence-electron chi connectivity index (χ3n) is 2.44. The molecule has 0 aromatic heterocycles. The third-order valence-corrected chi connectivity index (χ3v) is 2.93. The number of aromatic hydroxyl groups is 1. The largest absolute Gasteiger partial charge is 0.508 e. The van der Waals surface area contributed by atoms with Crippen LogP contribution in [0.5, 0.6) is 5.75 Å². The number of aryl methyl sites for hydroxylation is 1. The summed E-state index contributed by atoms with van der Waals surface area (Å²) in [7, 11) is 0. The molecule has 0 fully saturated rings. The number of rotatable bonds is 1. The van der Waals surface area contributed by atoms with Gasteiger partial charge in [0.2, 0.25) is 0 Å². The van der Waals surface area contributed by atoms with E-state index in [1.54, 1.807) is 37.3 Å². The van der Waals surface area contributed by atoms with E-state index in [1.807, 2.05) is 0 Å². The van der Waals surface area contributed by atoms with E-state index in [0.29, 0.717) is 5.56 Å². The van der Waals surface area contributed by atoms with E-state index in [1.165, 1.54) is 6.07 Å². The van der Waals surface area contributed by atoms with Crippen molar-refractivity contribution in [1.29, 1.82) is 0 Å². The second-order valence-electron chi connectivity index (χ2n) is 3.63. The lowest BCUT2D eigenvalue weighted by Crippen LogP contribution is -1.85. The number of hydrogen-bond donors (Lipinski definition) is 1. The van der Waals surface area contributed by atoms with Gasteiger partial charge in [-0.05, 0) is 48.4 Å². The molecule has 2 aromatic carbocycles. The van der Waals surface area contributed by atoms with Crippen LogP contribution in [-0.4, -0.2) is 5.11 Å². The molecule has 0 saturated carbocycles. The molecule has 0 unspecified atom stereocenters. The second kappa shape index (κ2) is 4.26. The molecule has 0 heterocycles. The molecule has 0 spiro atoms. The molecule has 0 bridgehead atoms. The number of halogens is 2. The predicted molar refractivity (Wildman–Crippen MR) is 65.9 cm³/mol. The summed E-state index contributed by atoms with van der Waals surface area (Å²) >= 11 is 3.31. The van der Waals surface area contributed by atoms with Gasteiger partial charge in [-0.2, -0.15) is 0 Å². The van der Waals surface area contributed by atoms with Gasteiger partial charge >= 0.3 is 0 Å². The molecular formula is C13H10BrFO. The topological polar surface area (TPSA) is 20.2 Å². The maximum atomic E-state index is 13.6. The molecule has 0 aliphatic heterocycles. The molecule has 1 N–H and O–H groups in total. The van der Waals surface area contributed by atoms with Crippen LogP contribution >= 0.6 is 15.9 Å². The molecule has 0 amide bonds. The van der Waals surface area contributed by atoms with Gasteiger partial charge in [-0.15, -0.1) is 0 Å². The highest BCUT2D eigenvalue weighted by Crippen LogP contribution is 2.29. The van der Waals surface area contributed by atoms with Crippen molar-refractivity contribution in [3.8, 4) is 16.9 Å². The summed E-state index contributed by atoms with van der Waals surface area (Å²) in [5, 5.41) is 9.41. The van der Waals surface area contributed by atoms with Crippen molar-refractivity contribution in [1.82, 2.24) is 0 Å². The Morgan fingerprint density at radius 2 is 1.88 bits per heavy atom. The summed E-state index contributed by atoms with van der Waals surface area (Å²) in [6.07, 6.45) is 0. The molecule has 1 nitrogen and oxygen atoms in total. The standard InChI is InChI=1S/C13H10BrFO/c1-8-6-9(2-5-13(8)16)11-7-10(14)3-4-12(11)15/h2-7,16H,1H3. The third kappa shape index (κ3) is 2.09. The maximum Gasteiger partial charge on any atom is 0.131 e. The summed E-state index contributed by atoms with van der Waals surface area (Å²) in [6.45, 7) is 1.79. The Morgan fingerprint density at radius 3 is 2.56 bits per heavy atom. The van der Waals surface area contributed by atoms with Gasteiger partial charge in [-0.25, -0.2) is 4.39 Å².